The van der Waals surface area contributed by atoms with Crippen LogP contribution in [0.15, 0.2) is 58.3 Å². The second-order valence-electron chi connectivity index (χ2n) is 11.9. The van der Waals surface area contributed by atoms with Gasteiger partial charge < -0.3 is 9.84 Å². The van der Waals surface area contributed by atoms with Crippen molar-refractivity contribution < 1.29 is 9.84 Å². The lowest BCUT2D eigenvalue weighted by molar-refractivity contribution is -0.0209. The van der Waals surface area contributed by atoms with Crippen LogP contribution in [-0.4, -0.2) is 30.2 Å². The summed E-state index contributed by atoms with van der Waals surface area (Å²) in [6.07, 6.45) is 13.3. The molecular formula is C31H38N2O2. The number of ether oxygens (including phenoxy) is 1. The number of aliphatic hydroxyl groups excluding tert-OH is 1. The molecule has 5 unspecified atom stereocenters. The number of fused-ring (bicyclic) bond motifs is 6. The smallest absolute Gasteiger partial charge is 0.119 e. The van der Waals surface area contributed by atoms with Crippen LogP contribution in [0.1, 0.15) is 70.8 Å². The quantitative estimate of drug-likeness (QED) is 0.300. The van der Waals surface area contributed by atoms with E-state index in [9.17, 15) is 5.11 Å². The first kappa shape index (κ1) is 23.0. The number of benzene rings is 2. The van der Waals surface area contributed by atoms with E-state index in [2.05, 4.69) is 55.4 Å². The fraction of sp³-hybridized carbons (Fsp3) is 0.548. The summed E-state index contributed by atoms with van der Waals surface area (Å²) >= 11 is 0. The Labute approximate surface area is 209 Å². The number of allylic oxidation sites excluding steroid dienone is 1. The van der Waals surface area contributed by atoms with Gasteiger partial charge in [0.2, 0.25) is 0 Å². The topological polar surface area (TPSA) is 54.2 Å². The Morgan fingerprint density at radius 2 is 1.74 bits per heavy atom. The van der Waals surface area contributed by atoms with Gasteiger partial charge in [0.25, 0.3) is 0 Å². The van der Waals surface area contributed by atoms with Gasteiger partial charge in [-0.1, -0.05) is 43.7 Å². The van der Waals surface area contributed by atoms with E-state index in [0.29, 0.717) is 11.3 Å². The second kappa shape index (κ2) is 8.58. The number of methoxy groups -OCH3 is 1. The van der Waals surface area contributed by atoms with Gasteiger partial charge in [0, 0.05) is 11.1 Å². The minimum absolute atomic E-state index is 0.131. The third-order valence-corrected chi connectivity index (χ3v) is 10.3. The average molecular weight is 471 g/mol. The Balaban J connectivity index is 1.21. The fourth-order valence-corrected chi connectivity index (χ4v) is 8.21. The number of rotatable bonds is 3. The molecule has 35 heavy (non-hydrogen) atoms. The maximum atomic E-state index is 10.2. The van der Waals surface area contributed by atoms with E-state index in [1.807, 2.05) is 12.3 Å². The fourth-order valence-electron chi connectivity index (χ4n) is 8.21. The summed E-state index contributed by atoms with van der Waals surface area (Å²) < 4.78 is 5.34. The van der Waals surface area contributed by atoms with Crippen LogP contribution >= 0.6 is 0 Å². The molecular weight excluding hydrogens is 432 g/mol. The van der Waals surface area contributed by atoms with Gasteiger partial charge in [-0.25, -0.2) is 0 Å². The molecule has 3 fully saturated rings. The van der Waals surface area contributed by atoms with Crippen LogP contribution in [0, 0.1) is 28.6 Å². The van der Waals surface area contributed by atoms with Crippen LogP contribution in [0.3, 0.4) is 0 Å². The second-order valence-corrected chi connectivity index (χ2v) is 11.9. The van der Waals surface area contributed by atoms with Crippen LogP contribution in [0.25, 0.3) is 10.8 Å². The predicted octanol–water partition coefficient (Wildman–Crippen LogP) is 6.95. The molecule has 0 heterocycles. The normalized spacial score (nSPS) is 37.7. The third-order valence-electron chi connectivity index (χ3n) is 10.3. The zero-order valence-corrected chi connectivity index (χ0v) is 21.3. The molecule has 0 spiro atoms. The van der Waals surface area contributed by atoms with Crippen LogP contribution in [0.2, 0.25) is 0 Å². The first-order chi connectivity index (χ1) is 16.9. The highest BCUT2D eigenvalue weighted by molar-refractivity contribution is 5.94. The SMILES string of the molecule is COc1ccc2cc(/C=N/N=C3\CCC4C5CC=C6C[C@@H](O)CCC6(C)C5CCC34C)ccc2c1. The summed E-state index contributed by atoms with van der Waals surface area (Å²) in [7, 11) is 1.70. The van der Waals surface area contributed by atoms with Crippen molar-refractivity contribution in [3.63, 3.8) is 0 Å². The number of hydrogen-bond donors (Lipinski definition) is 1. The predicted molar refractivity (Wildman–Crippen MR) is 143 cm³/mol. The van der Waals surface area contributed by atoms with Crippen molar-refractivity contribution in [2.75, 3.05) is 7.11 Å². The maximum Gasteiger partial charge on any atom is 0.119 e. The van der Waals surface area contributed by atoms with Crippen LogP contribution < -0.4 is 4.74 Å². The lowest BCUT2D eigenvalue weighted by atomic mass is 9.48. The summed E-state index contributed by atoms with van der Waals surface area (Å²) in [6.45, 7) is 4.96. The van der Waals surface area contributed by atoms with E-state index >= 15 is 0 Å². The minimum Gasteiger partial charge on any atom is -0.497 e. The molecule has 0 radical (unpaired) electrons. The molecule has 0 saturated heterocycles. The Morgan fingerprint density at radius 3 is 2.60 bits per heavy atom. The molecule has 4 nitrogen and oxygen atoms in total. The number of aliphatic hydroxyl groups is 1. The molecule has 184 valence electrons. The number of hydrogen-bond acceptors (Lipinski definition) is 4. The van der Waals surface area contributed by atoms with Gasteiger partial charge in [-0.2, -0.15) is 10.2 Å². The Bertz CT molecular complexity index is 1230. The van der Waals surface area contributed by atoms with Crippen LogP contribution in [0.4, 0.5) is 0 Å². The summed E-state index contributed by atoms with van der Waals surface area (Å²) in [4.78, 5) is 0. The molecule has 0 aliphatic heterocycles. The van der Waals surface area contributed by atoms with E-state index in [-0.39, 0.29) is 11.5 Å². The summed E-state index contributed by atoms with van der Waals surface area (Å²) in [6, 6.07) is 12.5. The van der Waals surface area contributed by atoms with Crippen molar-refractivity contribution >= 4 is 22.7 Å². The van der Waals surface area contributed by atoms with Gasteiger partial charge in [-0.15, -0.1) is 0 Å². The lowest BCUT2D eigenvalue weighted by Gasteiger charge is -2.57. The van der Waals surface area contributed by atoms with Gasteiger partial charge >= 0.3 is 0 Å². The van der Waals surface area contributed by atoms with Gasteiger partial charge in [-0.3, -0.25) is 0 Å². The monoisotopic (exact) mass is 470 g/mol. The van der Waals surface area contributed by atoms with E-state index in [0.717, 1.165) is 48.8 Å². The van der Waals surface area contributed by atoms with E-state index in [1.54, 1.807) is 12.7 Å². The molecule has 4 aliphatic rings. The Kier molecular flexibility index (Phi) is 5.63. The molecule has 2 aromatic rings. The van der Waals surface area contributed by atoms with Crippen molar-refractivity contribution in [2.24, 2.45) is 38.8 Å². The van der Waals surface area contributed by atoms with Gasteiger partial charge in [0.05, 0.1) is 19.4 Å². The zero-order chi connectivity index (χ0) is 24.2. The Morgan fingerprint density at radius 1 is 0.971 bits per heavy atom. The molecule has 4 heteroatoms. The van der Waals surface area contributed by atoms with Gasteiger partial charge in [0.1, 0.15) is 5.75 Å². The molecule has 3 saturated carbocycles. The molecule has 2 aromatic carbocycles. The van der Waals surface area contributed by atoms with E-state index in [4.69, 9.17) is 9.84 Å². The molecule has 6 atom stereocenters. The van der Waals surface area contributed by atoms with E-state index in [1.165, 1.54) is 42.2 Å². The van der Waals surface area contributed by atoms with Gasteiger partial charge in [0.15, 0.2) is 0 Å². The summed E-state index contributed by atoms with van der Waals surface area (Å²) in [5.74, 6) is 3.08. The zero-order valence-electron chi connectivity index (χ0n) is 21.3. The standard InChI is InChI=1S/C31H38N2O2/c1-30-14-12-24(34)18-23(30)7-9-26-27-10-11-29(31(27,2)15-13-28(26)30)33-32-19-20-4-5-22-17-25(35-3)8-6-21(22)16-20/h4-8,16-17,19,24,26-28,34H,9-15,18H2,1-3H3/b32-19+,33-29+/t24-,26?,27?,28?,30?,31?/m0/s1. The average Bonchev–Trinajstić information content (AvgIpc) is 3.20. The third kappa shape index (κ3) is 3.76. The molecule has 0 aromatic heterocycles. The molecule has 1 N–H and O–H groups in total. The van der Waals surface area contributed by atoms with Crippen molar-refractivity contribution in [3.05, 3.63) is 53.6 Å². The van der Waals surface area contributed by atoms with Crippen molar-refractivity contribution in [3.8, 4) is 5.75 Å². The largest absolute Gasteiger partial charge is 0.497 e. The first-order valence-corrected chi connectivity index (χ1v) is 13.5. The molecule has 0 amide bonds. The van der Waals surface area contributed by atoms with E-state index < -0.39 is 0 Å². The highest BCUT2D eigenvalue weighted by Crippen LogP contribution is 2.64. The molecule has 4 aliphatic carbocycles. The first-order valence-electron chi connectivity index (χ1n) is 13.5. The highest BCUT2D eigenvalue weighted by Gasteiger charge is 2.57. The minimum atomic E-state index is -0.131. The number of nitrogens with zero attached hydrogens (tertiary/aromatic N) is 2. The lowest BCUT2D eigenvalue weighted by Crippen LogP contribution is -2.50. The summed E-state index contributed by atoms with van der Waals surface area (Å²) in [5, 5.41) is 22.0. The highest BCUT2D eigenvalue weighted by atomic mass is 16.5. The molecule has 0 bridgehead atoms. The van der Waals surface area contributed by atoms with Gasteiger partial charge in [-0.05, 0) is 109 Å². The van der Waals surface area contributed by atoms with Crippen molar-refractivity contribution in [1.82, 2.24) is 0 Å². The van der Waals surface area contributed by atoms with Crippen molar-refractivity contribution in [2.45, 2.75) is 71.3 Å². The summed E-state index contributed by atoms with van der Waals surface area (Å²) in [5.41, 5.74) is 4.40. The Hall–Kier alpha value is -2.46. The molecule has 6 rings (SSSR count). The van der Waals surface area contributed by atoms with Crippen LogP contribution in [0.5, 0.6) is 5.75 Å². The van der Waals surface area contributed by atoms with Crippen LogP contribution in [-0.2, 0) is 0 Å². The maximum absolute atomic E-state index is 10.2. The van der Waals surface area contributed by atoms with Crippen molar-refractivity contribution in [1.29, 1.82) is 0 Å².